The van der Waals surface area contributed by atoms with Gasteiger partial charge in [0.15, 0.2) is 11.0 Å². The van der Waals surface area contributed by atoms with Crippen LogP contribution in [0.2, 0.25) is 0 Å². The molecular formula is C26H25NO4S. The van der Waals surface area contributed by atoms with Crippen molar-refractivity contribution >= 4 is 21.8 Å². The Morgan fingerprint density at radius 3 is 2.56 bits per heavy atom. The molecule has 1 amide bonds. The molecule has 1 N–H and O–H groups in total. The quantitative estimate of drug-likeness (QED) is 0.581. The minimum absolute atomic E-state index is 0.119. The second-order valence-corrected chi connectivity index (χ2v) is 8.66. The number of hydrogen-bond acceptors (Lipinski definition) is 4. The second kappa shape index (κ2) is 9.83. The third kappa shape index (κ3) is 4.75. The summed E-state index contributed by atoms with van der Waals surface area (Å²) in [5, 5.41) is 0. The van der Waals surface area contributed by atoms with Crippen LogP contribution >= 0.6 is 0 Å². The van der Waals surface area contributed by atoms with Crippen LogP contribution < -0.4 is 9.46 Å². The number of allylic oxidation sites excluding steroid dienone is 2. The van der Waals surface area contributed by atoms with E-state index in [0.717, 1.165) is 40.9 Å². The molecule has 1 aliphatic heterocycles. The van der Waals surface area contributed by atoms with Gasteiger partial charge in [0.2, 0.25) is 0 Å². The molecule has 164 valence electrons. The van der Waals surface area contributed by atoms with Crippen molar-refractivity contribution < 1.29 is 18.5 Å². The molecule has 0 aromatic heterocycles. The van der Waals surface area contributed by atoms with Crippen molar-refractivity contribution in [3.8, 4) is 5.75 Å². The number of carbonyl (C=O) groups excluding carboxylic acids is 1. The van der Waals surface area contributed by atoms with E-state index in [-0.39, 0.29) is 12.0 Å². The van der Waals surface area contributed by atoms with Crippen molar-refractivity contribution in [2.75, 3.05) is 0 Å². The zero-order valence-electron chi connectivity index (χ0n) is 17.9. The molecular weight excluding hydrogens is 422 g/mol. The van der Waals surface area contributed by atoms with E-state index in [1.165, 1.54) is 6.08 Å². The lowest BCUT2D eigenvalue weighted by atomic mass is 10.1. The Bertz CT molecular complexity index is 1130. The Morgan fingerprint density at radius 2 is 1.94 bits per heavy atom. The molecule has 6 heteroatoms. The molecule has 0 saturated heterocycles. The maximum Gasteiger partial charge on any atom is 0.257 e. The monoisotopic (exact) mass is 447 g/mol. The molecule has 2 aromatic carbocycles. The van der Waals surface area contributed by atoms with Crippen LogP contribution in [0.5, 0.6) is 5.75 Å². The lowest BCUT2D eigenvalue weighted by molar-refractivity contribution is -0.114. The van der Waals surface area contributed by atoms with Crippen LogP contribution in [0.3, 0.4) is 0 Å². The second-order valence-electron chi connectivity index (χ2n) is 7.48. The Morgan fingerprint density at radius 1 is 1.19 bits per heavy atom. The van der Waals surface area contributed by atoms with Gasteiger partial charge in [0.05, 0.1) is 4.91 Å². The average molecular weight is 448 g/mol. The molecule has 2 aromatic rings. The lowest BCUT2D eigenvalue weighted by Gasteiger charge is -2.17. The molecule has 5 nitrogen and oxygen atoms in total. The van der Waals surface area contributed by atoms with E-state index in [2.05, 4.69) is 11.3 Å². The minimum Gasteiger partial charge on any atom is -0.489 e. The molecule has 1 aliphatic carbocycles. The number of rotatable bonds is 8. The highest BCUT2D eigenvalue weighted by molar-refractivity contribution is 7.93. The summed E-state index contributed by atoms with van der Waals surface area (Å²) in [7, 11) is -1.51. The van der Waals surface area contributed by atoms with Crippen molar-refractivity contribution in [2.24, 2.45) is 0 Å². The van der Waals surface area contributed by atoms with Crippen LogP contribution in [-0.2, 0) is 27.1 Å². The van der Waals surface area contributed by atoms with E-state index in [1.807, 2.05) is 73.7 Å². The average Bonchev–Trinajstić information content (AvgIpc) is 3.37. The Labute approximate surface area is 190 Å². The first-order valence-corrected chi connectivity index (χ1v) is 11.6. The number of nitrogens with one attached hydrogen (secondary N) is 1. The van der Waals surface area contributed by atoms with Crippen molar-refractivity contribution in [2.45, 2.75) is 32.5 Å². The normalized spacial score (nSPS) is 20.7. The maximum absolute atomic E-state index is 11.9. The SMILES string of the molecule is C=CC1=C(/C(=C\C)OCc2ccccc2)CCC1Oc1ccc(C2=CC(=O)NS2=O)cc1. The molecule has 0 radical (unpaired) electrons. The zero-order chi connectivity index (χ0) is 22.5. The first-order valence-electron chi connectivity index (χ1n) is 10.5. The third-order valence-electron chi connectivity index (χ3n) is 5.44. The lowest BCUT2D eigenvalue weighted by Crippen LogP contribution is -2.16. The predicted molar refractivity (Wildman–Crippen MR) is 127 cm³/mol. The predicted octanol–water partition coefficient (Wildman–Crippen LogP) is 4.97. The standard InChI is InChI=1S/C26H25NO4S/c1-3-21-22(23(4-2)30-17-18-8-6-5-7-9-18)14-15-24(21)31-20-12-10-19(11-13-20)25-16-26(28)27-32(25)29/h3-13,16,24H,1,14-15,17H2,2H3,(H,27,28)/b23-4+. The Kier molecular flexibility index (Phi) is 6.71. The molecule has 0 saturated carbocycles. The smallest absolute Gasteiger partial charge is 0.257 e. The molecule has 2 aliphatic rings. The minimum atomic E-state index is -1.51. The summed E-state index contributed by atoms with van der Waals surface area (Å²) in [6.07, 6.45) is 6.76. The van der Waals surface area contributed by atoms with E-state index < -0.39 is 11.0 Å². The number of amides is 1. The van der Waals surface area contributed by atoms with Gasteiger partial charge in [-0.1, -0.05) is 55.1 Å². The number of ether oxygens (including phenoxy) is 2. The van der Waals surface area contributed by atoms with E-state index >= 15 is 0 Å². The van der Waals surface area contributed by atoms with Crippen LogP contribution in [0.25, 0.3) is 4.91 Å². The number of hydrogen-bond donors (Lipinski definition) is 1. The summed E-state index contributed by atoms with van der Waals surface area (Å²) < 4.78 is 26.7. The van der Waals surface area contributed by atoms with Crippen LogP contribution in [0.1, 0.15) is 30.9 Å². The molecule has 2 atom stereocenters. The number of benzene rings is 2. The van der Waals surface area contributed by atoms with Crippen molar-refractivity contribution in [3.05, 3.63) is 107 Å². The fourth-order valence-electron chi connectivity index (χ4n) is 3.89. The molecule has 0 bridgehead atoms. The van der Waals surface area contributed by atoms with Gasteiger partial charge in [-0.15, -0.1) is 0 Å². The van der Waals surface area contributed by atoms with Gasteiger partial charge in [-0.3, -0.25) is 9.52 Å². The largest absolute Gasteiger partial charge is 0.489 e. The summed E-state index contributed by atoms with van der Waals surface area (Å²) >= 11 is 0. The first-order chi connectivity index (χ1) is 15.6. The molecule has 0 spiro atoms. The van der Waals surface area contributed by atoms with E-state index in [0.29, 0.717) is 17.3 Å². The van der Waals surface area contributed by atoms with Crippen molar-refractivity contribution in [3.63, 3.8) is 0 Å². The highest BCUT2D eigenvalue weighted by Crippen LogP contribution is 2.36. The molecule has 0 fully saturated rings. The molecule has 32 heavy (non-hydrogen) atoms. The highest BCUT2D eigenvalue weighted by Gasteiger charge is 2.28. The first kappa shape index (κ1) is 21.8. The summed E-state index contributed by atoms with van der Waals surface area (Å²) in [6.45, 7) is 6.49. The van der Waals surface area contributed by atoms with E-state index in [1.54, 1.807) is 0 Å². The highest BCUT2D eigenvalue weighted by atomic mass is 32.2. The summed E-state index contributed by atoms with van der Waals surface area (Å²) in [5.74, 6) is 1.22. The topological polar surface area (TPSA) is 64.6 Å². The summed E-state index contributed by atoms with van der Waals surface area (Å²) in [6, 6.07) is 17.4. The van der Waals surface area contributed by atoms with E-state index in [9.17, 15) is 9.00 Å². The fraction of sp³-hybridized carbons (Fsp3) is 0.192. The number of carbonyl (C=O) groups is 1. The van der Waals surface area contributed by atoms with Crippen LogP contribution in [0.4, 0.5) is 0 Å². The third-order valence-corrected chi connectivity index (χ3v) is 6.58. The van der Waals surface area contributed by atoms with Gasteiger partial charge in [0.1, 0.15) is 24.2 Å². The van der Waals surface area contributed by atoms with Gasteiger partial charge in [0, 0.05) is 11.6 Å². The van der Waals surface area contributed by atoms with Crippen molar-refractivity contribution in [1.82, 2.24) is 4.72 Å². The van der Waals surface area contributed by atoms with Crippen LogP contribution in [-0.4, -0.2) is 16.2 Å². The van der Waals surface area contributed by atoms with Gasteiger partial charge in [-0.2, -0.15) is 0 Å². The van der Waals surface area contributed by atoms with Gasteiger partial charge < -0.3 is 9.47 Å². The van der Waals surface area contributed by atoms with Gasteiger partial charge in [0.25, 0.3) is 5.91 Å². The van der Waals surface area contributed by atoms with Gasteiger partial charge in [-0.25, -0.2) is 4.21 Å². The summed E-state index contributed by atoms with van der Waals surface area (Å²) in [4.78, 5) is 11.9. The maximum atomic E-state index is 11.9. The molecule has 2 unspecified atom stereocenters. The van der Waals surface area contributed by atoms with Crippen molar-refractivity contribution in [1.29, 1.82) is 0 Å². The zero-order valence-corrected chi connectivity index (χ0v) is 18.7. The Hall–Kier alpha value is -3.38. The van der Waals surface area contributed by atoms with Gasteiger partial charge >= 0.3 is 0 Å². The molecule has 4 rings (SSSR count). The fourth-order valence-corrected chi connectivity index (χ4v) is 4.81. The van der Waals surface area contributed by atoms with Crippen LogP contribution in [0.15, 0.2) is 96.3 Å². The Balaban J connectivity index is 1.46. The molecule has 1 heterocycles. The van der Waals surface area contributed by atoms with E-state index in [4.69, 9.17) is 9.47 Å². The summed E-state index contributed by atoms with van der Waals surface area (Å²) in [5.41, 5.74) is 4.00. The van der Waals surface area contributed by atoms with Crippen LogP contribution in [0, 0.1) is 0 Å². The van der Waals surface area contributed by atoms with Gasteiger partial charge in [-0.05, 0) is 54.7 Å².